The van der Waals surface area contributed by atoms with Gasteiger partial charge in [-0.05, 0) is 19.4 Å². The van der Waals surface area contributed by atoms with Crippen molar-refractivity contribution in [2.75, 3.05) is 30.8 Å². The predicted octanol–water partition coefficient (Wildman–Crippen LogP) is 0.472. The molecule has 3 rings (SSSR count). The lowest BCUT2D eigenvalue weighted by atomic mass is 9.97. The summed E-state index contributed by atoms with van der Waals surface area (Å²) in [4.78, 5) is 8.28. The molecule has 0 aromatic carbocycles. The van der Waals surface area contributed by atoms with Crippen molar-refractivity contribution < 1.29 is 13.2 Å². The van der Waals surface area contributed by atoms with Crippen LogP contribution in [0.25, 0.3) is 0 Å². The molecule has 2 saturated heterocycles. The number of hydrogen-bond acceptors (Lipinski definition) is 6. The molecule has 1 aromatic rings. The largest absolute Gasteiger partial charge is 0.371 e. The molecular weight excluding hydrogens is 292 g/mol. The van der Waals surface area contributed by atoms with Crippen molar-refractivity contribution in [3.05, 3.63) is 18.5 Å². The van der Waals surface area contributed by atoms with E-state index in [1.807, 2.05) is 0 Å². The Morgan fingerprint density at radius 2 is 2.24 bits per heavy atom. The Hall–Kier alpha value is -1.25. The smallest absolute Gasteiger partial charge is 0.222 e. The number of ether oxygens (including phenoxy) is 1. The van der Waals surface area contributed by atoms with Gasteiger partial charge in [0.2, 0.25) is 16.0 Å². The fraction of sp³-hybridized carbons (Fsp3) is 0.692. The lowest BCUT2D eigenvalue weighted by Crippen LogP contribution is -2.37. The molecular formula is C13H20N4O3S. The van der Waals surface area contributed by atoms with Gasteiger partial charge in [0, 0.05) is 31.9 Å². The second kappa shape index (κ2) is 5.51. The van der Waals surface area contributed by atoms with Gasteiger partial charge in [-0.2, -0.15) is 4.31 Å². The number of hydrogen-bond donors (Lipinski definition) is 1. The van der Waals surface area contributed by atoms with Gasteiger partial charge in [-0.25, -0.2) is 18.4 Å². The van der Waals surface area contributed by atoms with Crippen LogP contribution in [0.5, 0.6) is 0 Å². The maximum absolute atomic E-state index is 11.9. The van der Waals surface area contributed by atoms with Gasteiger partial charge in [0.05, 0.1) is 24.0 Å². The van der Waals surface area contributed by atoms with E-state index in [9.17, 15) is 8.42 Å². The van der Waals surface area contributed by atoms with Crippen molar-refractivity contribution in [3.8, 4) is 0 Å². The summed E-state index contributed by atoms with van der Waals surface area (Å²) in [7, 11) is -3.13. The van der Waals surface area contributed by atoms with Crippen LogP contribution in [-0.4, -0.2) is 59.8 Å². The second-order valence-electron chi connectivity index (χ2n) is 5.60. The van der Waals surface area contributed by atoms with Gasteiger partial charge in [-0.15, -0.1) is 0 Å². The molecule has 0 amide bonds. The van der Waals surface area contributed by atoms with E-state index in [2.05, 4.69) is 15.3 Å². The van der Waals surface area contributed by atoms with Crippen molar-refractivity contribution in [3.63, 3.8) is 0 Å². The minimum absolute atomic E-state index is 0.122. The first-order valence-corrected chi connectivity index (χ1v) is 8.79. The van der Waals surface area contributed by atoms with Crippen LogP contribution in [0.2, 0.25) is 0 Å². The second-order valence-corrected chi connectivity index (χ2v) is 7.85. The summed E-state index contributed by atoms with van der Waals surface area (Å²) in [6, 6.07) is 1.89. The first-order chi connectivity index (χ1) is 10.0. The number of nitrogens with zero attached hydrogens (tertiary/aromatic N) is 3. The first-order valence-electron chi connectivity index (χ1n) is 7.18. The first kappa shape index (κ1) is 14.7. The monoisotopic (exact) mass is 312 g/mol. The van der Waals surface area contributed by atoms with Crippen LogP contribution in [0, 0.1) is 0 Å². The zero-order valence-corrected chi connectivity index (χ0v) is 12.8. The topological polar surface area (TPSA) is 84.4 Å². The number of sulfonamides is 1. The number of anilines is 1. The Balaban J connectivity index is 1.62. The van der Waals surface area contributed by atoms with Crippen LogP contribution in [0.4, 0.5) is 5.95 Å². The van der Waals surface area contributed by atoms with Crippen LogP contribution < -0.4 is 5.32 Å². The summed E-state index contributed by atoms with van der Waals surface area (Å²) < 4.78 is 31.4. The van der Waals surface area contributed by atoms with Gasteiger partial charge >= 0.3 is 0 Å². The molecule has 2 atom stereocenters. The number of nitrogens with one attached hydrogen (secondary N) is 1. The quantitative estimate of drug-likeness (QED) is 0.870. The Morgan fingerprint density at radius 3 is 2.95 bits per heavy atom. The Bertz CT molecular complexity index is 595. The van der Waals surface area contributed by atoms with E-state index in [0.717, 1.165) is 12.8 Å². The Morgan fingerprint density at radius 1 is 1.48 bits per heavy atom. The lowest BCUT2D eigenvalue weighted by molar-refractivity contribution is 0.0173. The molecule has 0 unspecified atom stereocenters. The van der Waals surface area contributed by atoms with E-state index >= 15 is 0 Å². The summed E-state index contributed by atoms with van der Waals surface area (Å²) in [6.07, 6.45) is 4.90. The van der Waals surface area contributed by atoms with Gasteiger partial charge in [0.15, 0.2) is 0 Å². The van der Waals surface area contributed by atoms with Gasteiger partial charge in [0.1, 0.15) is 0 Å². The fourth-order valence-corrected chi connectivity index (χ4v) is 4.17. The highest BCUT2D eigenvalue weighted by Gasteiger charge is 2.48. The highest BCUT2D eigenvalue weighted by Crippen LogP contribution is 2.36. The van der Waals surface area contributed by atoms with Crippen LogP contribution in [-0.2, 0) is 14.8 Å². The average Bonchev–Trinajstić information content (AvgIpc) is 3.08. The predicted molar refractivity (Wildman–Crippen MR) is 78.4 cm³/mol. The molecule has 3 heterocycles. The molecule has 116 valence electrons. The molecule has 0 saturated carbocycles. The average molecular weight is 312 g/mol. The summed E-state index contributed by atoms with van der Waals surface area (Å²) in [5.74, 6) is 0.724. The highest BCUT2D eigenvalue weighted by atomic mass is 32.2. The molecule has 1 N–H and O–H groups in total. The molecule has 0 bridgehead atoms. The number of aromatic nitrogens is 2. The maximum Gasteiger partial charge on any atom is 0.222 e. The van der Waals surface area contributed by atoms with Crippen LogP contribution >= 0.6 is 0 Å². The molecule has 7 nitrogen and oxygen atoms in total. The molecule has 2 aliphatic rings. The van der Waals surface area contributed by atoms with Crippen LogP contribution in [0.15, 0.2) is 18.5 Å². The van der Waals surface area contributed by atoms with E-state index in [4.69, 9.17) is 4.74 Å². The molecule has 2 fully saturated rings. The van der Waals surface area contributed by atoms with Crippen molar-refractivity contribution in [1.29, 1.82) is 0 Å². The maximum atomic E-state index is 11.9. The van der Waals surface area contributed by atoms with E-state index < -0.39 is 10.0 Å². The van der Waals surface area contributed by atoms with Gasteiger partial charge in [0.25, 0.3) is 0 Å². The van der Waals surface area contributed by atoms with Crippen molar-refractivity contribution in [1.82, 2.24) is 14.3 Å². The zero-order chi connectivity index (χ0) is 14.9. The third-order valence-electron chi connectivity index (χ3n) is 4.15. The van der Waals surface area contributed by atoms with E-state index in [1.165, 1.54) is 0 Å². The number of rotatable bonds is 4. The fourth-order valence-electron chi connectivity index (χ4n) is 3.01. The van der Waals surface area contributed by atoms with Crippen molar-refractivity contribution in [2.45, 2.75) is 31.4 Å². The third kappa shape index (κ3) is 3.02. The van der Waals surface area contributed by atoms with Gasteiger partial charge in [-0.3, -0.25) is 0 Å². The van der Waals surface area contributed by atoms with E-state index in [1.54, 1.807) is 29.7 Å². The van der Waals surface area contributed by atoms with Crippen molar-refractivity contribution in [2.24, 2.45) is 0 Å². The Labute approximate surface area is 124 Å². The molecule has 2 aliphatic heterocycles. The molecule has 0 radical (unpaired) electrons. The van der Waals surface area contributed by atoms with Gasteiger partial charge < -0.3 is 10.1 Å². The lowest BCUT2D eigenvalue weighted by Gasteiger charge is -2.23. The summed E-state index contributed by atoms with van der Waals surface area (Å²) >= 11 is 0. The van der Waals surface area contributed by atoms with Crippen LogP contribution in [0.3, 0.4) is 0 Å². The van der Waals surface area contributed by atoms with Crippen LogP contribution in [0.1, 0.15) is 19.8 Å². The Kier molecular flexibility index (Phi) is 3.85. The third-order valence-corrected chi connectivity index (χ3v) is 5.98. The van der Waals surface area contributed by atoms with E-state index in [0.29, 0.717) is 25.6 Å². The zero-order valence-electron chi connectivity index (χ0n) is 12.0. The standard InChI is InChI=1S/C13H20N4O3S/c1-2-21(18,19)17-7-4-13(10-17)8-11(9-20-13)16-12-14-5-3-6-15-12/h3,5-6,11H,2,4,7-10H2,1H3,(H,14,15,16)/t11-,13+/m0/s1. The summed E-state index contributed by atoms with van der Waals surface area (Å²) in [6.45, 7) is 3.23. The highest BCUT2D eigenvalue weighted by molar-refractivity contribution is 7.89. The van der Waals surface area contributed by atoms with Gasteiger partial charge in [-0.1, -0.05) is 0 Å². The minimum Gasteiger partial charge on any atom is -0.371 e. The SMILES string of the molecule is CCS(=O)(=O)N1CC[C@@]2(C[C@H](Nc3ncccn3)CO2)C1. The van der Waals surface area contributed by atoms with Crippen molar-refractivity contribution >= 4 is 16.0 Å². The van der Waals surface area contributed by atoms with E-state index in [-0.39, 0.29) is 17.4 Å². The molecule has 8 heteroatoms. The summed E-state index contributed by atoms with van der Waals surface area (Å²) in [5, 5.41) is 3.24. The molecule has 0 aliphatic carbocycles. The molecule has 21 heavy (non-hydrogen) atoms. The normalized spacial score (nSPS) is 30.0. The summed E-state index contributed by atoms with van der Waals surface area (Å²) in [5.41, 5.74) is -0.352. The molecule has 1 spiro atoms. The minimum atomic E-state index is -3.13. The molecule has 1 aromatic heterocycles.